The smallest absolute Gasteiger partial charge is 0.550 e. The monoisotopic (exact) mass is 404 g/mol. The van der Waals surface area contributed by atoms with E-state index in [1.807, 2.05) is 0 Å². The fourth-order valence-corrected chi connectivity index (χ4v) is 0. The average Bonchev–Trinajstić information content (AvgIpc) is 2.13. The van der Waals surface area contributed by atoms with Gasteiger partial charge in [-0.15, -0.1) is 0 Å². The van der Waals surface area contributed by atoms with Gasteiger partial charge in [-0.05, 0) is 27.7 Å². The molecule has 0 aliphatic rings. The van der Waals surface area contributed by atoms with Crippen molar-refractivity contribution in [2.75, 3.05) is 6.54 Å². The van der Waals surface area contributed by atoms with Crippen molar-refractivity contribution in [3.05, 3.63) is 0 Å². The first kappa shape index (κ1) is 56.3. The second-order valence-electron chi connectivity index (χ2n) is 2.77. The number of carbonyl (C=O) groups is 4. The summed E-state index contributed by atoms with van der Waals surface area (Å²) < 4.78 is 0. The zero-order valence-corrected chi connectivity index (χ0v) is 24.2. The molecule has 0 amide bonds. The first-order chi connectivity index (χ1) is 9.20. The molecule has 1 atom stereocenters. The Morgan fingerprint density at radius 3 is 0.760 bits per heavy atom. The molecule has 0 spiro atoms. The maximum atomic E-state index is 8.89. The predicted octanol–water partition coefficient (Wildman–Crippen LogP) is -18.7. The first-order valence-corrected chi connectivity index (χ1v) is 5.04. The molecule has 0 rings (SSSR count). The summed E-state index contributed by atoms with van der Waals surface area (Å²) in [6.07, 6.45) is -0.838. The summed E-state index contributed by atoms with van der Waals surface area (Å²) in [5.74, 6) is -4.33. The van der Waals surface area contributed by atoms with Gasteiger partial charge in [-0.2, -0.15) is 0 Å². The van der Waals surface area contributed by atoms with E-state index in [9.17, 15) is 0 Å². The van der Waals surface area contributed by atoms with E-state index >= 15 is 0 Å². The SMILES string of the molecule is CC(=O)[O-].CC(=O)[O-].CC(=O)[O-].CC(=O)[O-].NCC(N)O.[Na+].[Na+].[Na+].[Na+]. The zero-order valence-electron chi connectivity index (χ0n) is 16.2. The number of carbonyl (C=O) groups excluding carboxylic acids is 4. The van der Waals surface area contributed by atoms with Gasteiger partial charge in [0.1, 0.15) is 6.23 Å². The van der Waals surface area contributed by atoms with Gasteiger partial charge in [0.15, 0.2) is 0 Å². The van der Waals surface area contributed by atoms with Gasteiger partial charge in [0.05, 0.1) is 0 Å². The molecular formula is C10H20N2Na4O9. The summed E-state index contributed by atoms with van der Waals surface area (Å²) in [5, 5.41) is 43.6. The van der Waals surface area contributed by atoms with E-state index in [0.717, 1.165) is 27.7 Å². The maximum absolute atomic E-state index is 8.89. The number of aliphatic carboxylic acids is 4. The Morgan fingerprint density at radius 2 is 0.760 bits per heavy atom. The number of carboxylic acid groups (broad SMARTS) is 4. The quantitative estimate of drug-likeness (QED) is 0.274. The van der Waals surface area contributed by atoms with E-state index in [1.165, 1.54) is 0 Å². The van der Waals surface area contributed by atoms with Crippen LogP contribution in [0.1, 0.15) is 27.7 Å². The van der Waals surface area contributed by atoms with Crippen molar-refractivity contribution >= 4 is 23.9 Å². The summed E-state index contributed by atoms with van der Waals surface area (Å²) in [4.78, 5) is 35.6. The molecule has 0 saturated carbocycles. The van der Waals surface area contributed by atoms with E-state index in [1.54, 1.807) is 0 Å². The van der Waals surface area contributed by atoms with Gasteiger partial charge in [-0.3, -0.25) is 0 Å². The largest absolute Gasteiger partial charge is 1.00 e. The molecule has 0 saturated heterocycles. The minimum absolute atomic E-state index is 0. The van der Waals surface area contributed by atoms with Gasteiger partial charge in [-0.25, -0.2) is 0 Å². The van der Waals surface area contributed by atoms with Crippen LogP contribution in [0.5, 0.6) is 0 Å². The van der Waals surface area contributed by atoms with Crippen LogP contribution in [0.4, 0.5) is 0 Å². The molecule has 15 heteroatoms. The minimum Gasteiger partial charge on any atom is -0.550 e. The van der Waals surface area contributed by atoms with Crippen molar-refractivity contribution in [3.63, 3.8) is 0 Å². The number of aliphatic hydroxyl groups is 1. The number of rotatable bonds is 1. The standard InChI is InChI=1S/C2H8N2O.4C2H4O2.4Na/c3-1-2(4)5;4*1-2(3)4;;;;/h2,5H,1,3-4H2;4*1H3,(H,3,4);;;;/q;;;;;4*+1/p-4. The minimum atomic E-state index is -1.08. The fourth-order valence-electron chi connectivity index (χ4n) is 0. The fraction of sp³-hybridized carbons (Fsp3) is 0.600. The van der Waals surface area contributed by atoms with E-state index in [-0.39, 0.29) is 125 Å². The van der Waals surface area contributed by atoms with E-state index in [0.29, 0.717) is 0 Å². The third-order valence-corrected chi connectivity index (χ3v) is 0.241. The summed E-state index contributed by atoms with van der Waals surface area (Å²) in [7, 11) is 0. The van der Waals surface area contributed by atoms with Crippen LogP contribution < -0.4 is 150 Å². The molecule has 128 valence electrons. The van der Waals surface area contributed by atoms with Crippen LogP contribution in [-0.4, -0.2) is 41.8 Å². The Balaban J connectivity index is -0.0000000176. The zero-order chi connectivity index (χ0) is 18.6. The van der Waals surface area contributed by atoms with Gasteiger partial charge in [-0.1, -0.05) is 0 Å². The van der Waals surface area contributed by atoms with Crippen molar-refractivity contribution in [2.45, 2.75) is 33.9 Å². The molecule has 25 heavy (non-hydrogen) atoms. The van der Waals surface area contributed by atoms with Crippen molar-refractivity contribution in [1.82, 2.24) is 0 Å². The number of aliphatic hydroxyl groups excluding tert-OH is 1. The molecule has 0 aliphatic carbocycles. The van der Waals surface area contributed by atoms with Crippen molar-refractivity contribution in [1.29, 1.82) is 0 Å². The van der Waals surface area contributed by atoms with E-state index < -0.39 is 30.1 Å². The second kappa shape index (κ2) is 50.1. The first-order valence-electron chi connectivity index (χ1n) is 5.04. The third-order valence-electron chi connectivity index (χ3n) is 0.241. The Labute approximate surface area is 235 Å². The van der Waals surface area contributed by atoms with Crippen LogP contribution in [0.3, 0.4) is 0 Å². The number of hydrogen-bond acceptors (Lipinski definition) is 11. The van der Waals surface area contributed by atoms with Gasteiger partial charge in [0.2, 0.25) is 0 Å². The molecule has 11 nitrogen and oxygen atoms in total. The van der Waals surface area contributed by atoms with Crippen LogP contribution in [-0.2, 0) is 19.2 Å². The van der Waals surface area contributed by atoms with E-state index in [2.05, 4.69) is 0 Å². The van der Waals surface area contributed by atoms with Crippen molar-refractivity contribution in [2.24, 2.45) is 11.5 Å². The summed E-state index contributed by atoms with van der Waals surface area (Å²) in [6, 6.07) is 0. The van der Waals surface area contributed by atoms with Gasteiger partial charge in [0, 0.05) is 30.4 Å². The summed E-state index contributed by atoms with van der Waals surface area (Å²) in [6.45, 7) is 4.03. The Bertz CT molecular complexity index is 232. The molecule has 0 aliphatic heterocycles. The van der Waals surface area contributed by atoms with Crippen LogP contribution >= 0.6 is 0 Å². The maximum Gasteiger partial charge on any atom is 1.00 e. The third kappa shape index (κ3) is 1030. The van der Waals surface area contributed by atoms with Crippen LogP contribution in [0, 0.1) is 0 Å². The van der Waals surface area contributed by atoms with Crippen LogP contribution in [0.2, 0.25) is 0 Å². The number of nitrogens with two attached hydrogens (primary N) is 2. The van der Waals surface area contributed by atoms with Crippen molar-refractivity contribution < 1.29 is 163 Å². The van der Waals surface area contributed by atoms with Gasteiger partial charge < -0.3 is 56.2 Å². The topological polar surface area (TPSA) is 233 Å². The molecule has 0 aromatic carbocycles. The molecule has 0 bridgehead atoms. The van der Waals surface area contributed by atoms with Gasteiger partial charge >= 0.3 is 118 Å². The van der Waals surface area contributed by atoms with Crippen LogP contribution in [0.25, 0.3) is 0 Å². The normalized spacial score (nSPS) is 7.00. The average molecular weight is 404 g/mol. The molecular weight excluding hydrogens is 384 g/mol. The molecule has 0 fully saturated rings. The molecule has 0 aromatic heterocycles. The second-order valence-corrected chi connectivity index (χ2v) is 2.77. The molecule has 0 radical (unpaired) electrons. The predicted molar refractivity (Wildman–Crippen MR) is 62.0 cm³/mol. The Kier molecular flexibility index (Phi) is 113. The Morgan fingerprint density at radius 1 is 0.720 bits per heavy atom. The van der Waals surface area contributed by atoms with Gasteiger partial charge in [0.25, 0.3) is 0 Å². The number of hydrogen-bond donors (Lipinski definition) is 3. The molecule has 0 heterocycles. The molecule has 5 N–H and O–H groups in total. The van der Waals surface area contributed by atoms with E-state index in [4.69, 9.17) is 56.2 Å². The summed E-state index contributed by atoms with van der Waals surface area (Å²) >= 11 is 0. The molecule has 1 unspecified atom stereocenters. The number of carboxylic acids is 4. The molecule has 0 aromatic rings. The van der Waals surface area contributed by atoms with Crippen molar-refractivity contribution in [3.8, 4) is 0 Å². The Hall–Kier alpha value is 1.76. The summed E-state index contributed by atoms with van der Waals surface area (Å²) in [5.41, 5.74) is 9.52. The van der Waals surface area contributed by atoms with Crippen LogP contribution in [0.15, 0.2) is 0 Å².